The zero-order chi connectivity index (χ0) is 13.4. The summed E-state index contributed by atoms with van der Waals surface area (Å²) in [7, 11) is 1.35. The Kier molecular flexibility index (Phi) is 3.75. The predicted octanol–water partition coefficient (Wildman–Crippen LogP) is 2.26. The summed E-state index contributed by atoms with van der Waals surface area (Å²) in [6, 6.07) is 0. The van der Waals surface area contributed by atoms with Crippen molar-refractivity contribution in [2.24, 2.45) is 12.9 Å². The van der Waals surface area contributed by atoms with Gasteiger partial charge in [0.1, 0.15) is 5.15 Å². The highest BCUT2D eigenvalue weighted by Gasteiger charge is 2.43. The summed E-state index contributed by atoms with van der Waals surface area (Å²) in [5, 5.41) is 3.32. The van der Waals surface area contributed by atoms with Gasteiger partial charge in [-0.25, -0.2) is 5.90 Å². The van der Waals surface area contributed by atoms with Crippen molar-refractivity contribution >= 4 is 11.6 Å². The normalized spacial score (nSPS) is 13.2. The molecular weight excluding hydrogens is 259 g/mol. The molecule has 98 valence electrons. The van der Waals surface area contributed by atoms with Gasteiger partial charge in [0.2, 0.25) is 0 Å². The average Bonchev–Trinajstić information content (AvgIpc) is 2.43. The van der Waals surface area contributed by atoms with Crippen molar-refractivity contribution in [3.63, 3.8) is 0 Å². The highest BCUT2D eigenvalue weighted by Crippen LogP contribution is 2.40. The van der Waals surface area contributed by atoms with Crippen LogP contribution in [0.1, 0.15) is 25.1 Å². The van der Waals surface area contributed by atoms with Crippen molar-refractivity contribution in [1.82, 2.24) is 9.78 Å². The van der Waals surface area contributed by atoms with E-state index in [0.29, 0.717) is 0 Å². The molecule has 0 fully saturated rings. The molecule has 17 heavy (non-hydrogen) atoms. The maximum Gasteiger partial charge on any atom is 0.435 e. The summed E-state index contributed by atoms with van der Waals surface area (Å²) in [6.07, 6.45) is -4.56. The van der Waals surface area contributed by atoms with E-state index in [0.717, 1.165) is 4.68 Å². The highest BCUT2D eigenvalue weighted by molar-refractivity contribution is 6.30. The molecule has 8 heteroatoms. The van der Waals surface area contributed by atoms with Crippen LogP contribution in [0.15, 0.2) is 0 Å². The largest absolute Gasteiger partial charge is 0.435 e. The topological polar surface area (TPSA) is 53.1 Å². The molecule has 0 aromatic carbocycles. The molecular formula is C9H13ClF3N3O. The molecule has 0 atom stereocenters. The average molecular weight is 272 g/mol. The molecule has 4 nitrogen and oxygen atoms in total. The van der Waals surface area contributed by atoms with Crippen LogP contribution in [-0.4, -0.2) is 16.4 Å². The number of hydrogen-bond donors (Lipinski definition) is 1. The first kappa shape index (κ1) is 14.3. The summed E-state index contributed by atoms with van der Waals surface area (Å²) in [5.74, 6) is 4.92. The fraction of sp³-hybridized carbons (Fsp3) is 0.667. The molecule has 1 aromatic rings. The Morgan fingerprint density at radius 2 is 1.94 bits per heavy atom. The van der Waals surface area contributed by atoms with Gasteiger partial charge in [0, 0.05) is 18.0 Å². The monoisotopic (exact) mass is 271 g/mol. The van der Waals surface area contributed by atoms with Crippen molar-refractivity contribution in [3.05, 3.63) is 16.4 Å². The van der Waals surface area contributed by atoms with E-state index in [1.165, 1.54) is 7.05 Å². The van der Waals surface area contributed by atoms with Crippen molar-refractivity contribution in [1.29, 1.82) is 0 Å². The van der Waals surface area contributed by atoms with Gasteiger partial charge >= 0.3 is 6.18 Å². The Hall–Kier alpha value is -0.790. The first-order valence-corrected chi connectivity index (χ1v) is 5.11. The van der Waals surface area contributed by atoms with Gasteiger partial charge in [0.25, 0.3) is 0 Å². The number of nitrogens with zero attached hydrogens (tertiary/aromatic N) is 2. The van der Waals surface area contributed by atoms with E-state index < -0.39 is 17.3 Å². The molecule has 0 amide bonds. The number of alkyl halides is 3. The zero-order valence-electron chi connectivity index (χ0n) is 9.60. The van der Waals surface area contributed by atoms with Crippen LogP contribution < -0.4 is 5.90 Å². The minimum Gasteiger partial charge on any atom is -0.304 e. The van der Waals surface area contributed by atoms with Gasteiger partial charge in [-0.15, -0.1) is 0 Å². The third kappa shape index (κ3) is 2.72. The Morgan fingerprint density at radius 3 is 2.35 bits per heavy atom. The molecule has 0 spiro atoms. The van der Waals surface area contributed by atoms with Crippen LogP contribution in [0.5, 0.6) is 0 Å². The highest BCUT2D eigenvalue weighted by atomic mass is 35.5. The van der Waals surface area contributed by atoms with Crippen LogP contribution >= 0.6 is 11.6 Å². The second-order valence-corrected chi connectivity index (χ2v) is 4.69. The van der Waals surface area contributed by atoms with Gasteiger partial charge in [-0.2, -0.15) is 18.3 Å². The van der Waals surface area contributed by atoms with Crippen LogP contribution in [0.2, 0.25) is 5.15 Å². The van der Waals surface area contributed by atoms with Crippen molar-refractivity contribution in [2.75, 3.05) is 6.61 Å². The van der Waals surface area contributed by atoms with E-state index >= 15 is 0 Å². The van der Waals surface area contributed by atoms with Crippen LogP contribution in [-0.2, 0) is 23.5 Å². The molecule has 0 aliphatic rings. The Balaban J connectivity index is 3.41. The van der Waals surface area contributed by atoms with E-state index in [1.54, 1.807) is 13.8 Å². The number of halogens is 4. The first-order chi connectivity index (χ1) is 7.61. The second-order valence-electron chi connectivity index (χ2n) is 4.33. The third-order valence-corrected chi connectivity index (χ3v) is 2.80. The summed E-state index contributed by atoms with van der Waals surface area (Å²) in [4.78, 5) is 4.43. The van der Waals surface area contributed by atoms with E-state index in [-0.39, 0.29) is 17.3 Å². The number of rotatable bonds is 3. The summed E-state index contributed by atoms with van der Waals surface area (Å²) in [6.45, 7) is 3.01. The van der Waals surface area contributed by atoms with Crippen molar-refractivity contribution in [3.8, 4) is 0 Å². The van der Waals surface area contributed by atoms with E-state index in [4.69, 9.17) is 17.5 Å². The lowest BCUT2D eigenvalue weighted by atomic mass is 9.85. The quantitative estimate of drug-likeness (QED) is 0.858. The molecule has 1 aromatic heterocycles. The number of hydrogen-bond acceptors (Lipinski definition) is 3. The van der Waals surface area contributed by atoms with Crippen LogP contribution in [0.4, 0.5) is 13.2 Å². The lowest BCUT2D eigenvalue weighted by Crippen LogP contribution is -2.29. The van der Waals surface area contributed by atoms with Crippen LogP contribution in [0.25, 0.3) is 0 Å². The minimum atomic E-state index is -4.56. The Morgan fingerprint density at radius 1 is 1.41 bits per heavy atom. The summed E-state index contributed by atoms with van der Waals surface area (Å²) in [5.41, 5.74) is -2.10. The third-order valence-electron chi connectivity index (χ3n) is 2.37. The van der Waals surface area contributed by atoms with Gasteiger partial charge < -0.3 is 4.84 Å². The van der Waals surface area contributed by atoms with E-state index in [9.17, 15) is 13.2 Å². The fourth-order valence-electron chi connectivity index (χ4n) is 1.58. The molecule has 0 unspecified atom stereocenters. The van der Waals surface area contributed by atoms with Crippen molar-refractivity contribution < 1.29 is 18.0 Å². The molecule has 1 heterocycles. The molecule has 1 rings (SSSR count). The molecule has 0 aliphatic carbocycles. The molecule has 2 N–H and O–H groups in total. The maximum absolute atomic E-state index is 12.8. The molecule has 0 saturated heterocycles. The van der Waals surface area contributed by atoms with Crippen molar-refractivity contribution in [2.45, 2.75) is 25.4 Å². The van der Waals surface area contributed by atoms with Crippen LogP contribution in [0, 0.1) is 0 Å². The Bertz CT molecular complexity index is 414. The van der Waals surface area contributed by atoms with Gasteiger partial charge in [-0.05, 0) is 0 Å². The second kappa shape index (κ2) is 4.47. The minimum absolute atomic E-state index is 0.0700. The smallest absolute Gasteiger partial charge is 0.304 e. The van der Waals surface area contributed by atoms with E-state index in [1.807, 2.05) is 0 Å². The molecule has 0 aliphatic heterocycles. The number of nitrogens with two attached hydrogens (primary N) is 1. The zero-order valence-corrected chi connectivity index (χ0v) is 10.4. The van der Waals surface area contributed by atoms with Gasteiger partial charge in [0.15, 0.2) is 5.69 Å². The van der Waals surface area contributed by atoms with Gasteiger partial charge in [0.05, 0.1) is 6.61 Å². The summed E-state index contributed by atoms with van der Waals surface area (Å²) < 4.78 is 39.4. The van der Waals surface area contributed by atoms with Gasteiger partial charge in [-0.1, -0.05) is 25.4 Å². The SMILES string of the molecule is Cn1nc(C(F)(F)F)c(C(C)(C)CON)c1Cl. The lowest BCUT2D eigenvalue weighted by molar-refractivity contribution is -0.142. The van der Waals surface area contributed by atoms with E-state index in [2.05, 4.69) is 9.94 Å². The first-order valence-electron chi connectivity index (χ1n) is 4.73. The molecule has 0 radical (unpaired) electrons. The number of aryl methyl sites for hydroxylation is 1. The Labute approximate surface area is 101 Å². The van der Waals surface area contributed by atoms with Gasteiger partial charge in [-0.3, -0.25) is 4.68 Å². The maximum atomic E-state index is 12.8. The predicted molar refractivity (Wildman–Crippen MR) is 56.4 cm³/mol. The van der Waals surface area contributed by atoms with Crippen LogP contribution in [0.3, 0.4) is 0 Å². The summed E-state index contributed by atoms with van der Waals surface area (Å²) >= 11 is 5.84. The fourth-order valence-corrected chi connectivity index (χ4v) is 1.97. The molecule has 0 saturated carbocycles. The standard InChI is InChI=1S/C9H13ClF3N3O/c1-8(2,4-17-14)5-6(9(11,12)13)15-16(3)7(5)10/h4,14H2,1-3H3. The number of aromatic nitrogens is 2. The lowest BCUT2D eigenvalue weighted by Gasteiger charge is -2.24. The molecule has 0 bridgehead atoms.